The van der Waals surface area contributed by atoms with Crippen molar-refractivity contribution in [2.24, 2.45) is 4.99 Å². The van der Waals surface area contributed by atoms with E-state index in [1.807, 2.05) is 37.5 Å². The summed E-state index contributed by atoms with van der Waals surface area (Å²) in [6, 6.07) is 0. The quantitative estimate of drug-likeness (QED) is 0.430. The molecule has 0 atom stereocenters. The van der Waals surface area contributed by atoms with Gasteiger partial charge in [0, 0.05) is 19.8 Å². The van der Waals surface area contributed by atoms with Crippen LogP contribution < -0.4 is 0 Å². The molecule has 0 heterocycles. The molecule has 58 valence electrons. The van der Waals surface area contributed by atoms with E-state index in [1.165, 1.54) is 0 Å². The lowest BCUT2D eigenvalue weighted by atomic mass is 10.5. The Labute approximate surface area is 63.3 Å². The van der Waals surface area contributed by atoms with Crippen LogP contribution in [0.4, 0.5) is 0 Å². The molecule has 0 aliphatic carbocycles. The summed E-state index contributed by atoms with van der Waals surface area (Å²) in [5.74, 6) is 0. The van der Waals surface area contributed by atoms with Crippen molar-refractivity contribution in [3.8, 4) is 0 Å². The van der Waals surface area contributed by atoms with Crippen LogP contribution in [-0.4, -0.2) is 24.8 Å². The Kier molecular flexibility index (Phi) is 5.83. The second-order valence-corrected chi connectivity index (χ2v) is 2.17. The number of allylic oxidation sites excluding steroid dienone is 1. The van der Waals surface area contributed by atoms with E-state index in [0.717, 1.165) is 13.0 Å². The van der Waals surface area contributed by atoms with Crippen LogP contribution in [0.3, 0.4) is 0 Å². The molecule has 2 nitrogen and oxygen atoms in total. The lowest BCUT2D eigenvalue weighted by Gasteiger charge is -2.03. The van der Waals surface area contributed by atoms with Gasteiger partial charge in [0.15, 0.2) is 0 Å². The molecular weight excluding hydrogens is 124 g/mol. The van der Waals surface area contributed by atoms with Crippen LogP contribution in [0, 0.1) is 0 Å². The molecule has 0 aliphatic heterocycles. The summed E-state index contributed by atoms with van der Waals surface area (Å²) in [7, 11) is 1.97. The van der Waals surface area contributed by atoms with Gasteiger partial charge in [0.2, 0.25) is 0 Å². The molecule has 0 saturated carbocycles. The SMILES string of the molecule is C/C=C\N(C)/C=N/CCC. The molecular formula is C8H16N2. The van der Waals surface area contributed by atoms with Gasteiger partial charge in [0.05, 0.1) is 6.34 Å². The third-order valence-electron chi connectivity index (χ3n) is 1.00. The highest BCUT2D eigenvalue weighted by Crippen LogP contribution is 1.80. The Morgan fingerprint density at radius 2 is 2.20 bits per heavy atom. The van der Waals surface area contributed by atoms with Gasteiger partial charge in [-0.05, 0) is 13.3 Å². The van der Waals surface area contributed by atoms with Crippen molar-refractivity contribution in [2.45, 2.75) is 20.3 Å². The second kappa shape index (κ2) is 6.33. The molecule has 0 unspecified atom stereocenters. The van der Waals surface area contributed by atoms with Crippen molar-refractivity contribution in [3.05, 3.63) is 12.3 Å². The summed E-state index contributed by atoms with van der Waals surface area (Å²) < 4.78 is 0. The summed E-state index contributed by atoms with van der Waals surface area (Å²) >= 11 is 0. The molecule has 0 N–H and O–H groups in total. The summed E-state index contributed by atoms with van der Waals surface area (Å²) in [5.41, 5.74) is 0. The van der Waals surface area contributed by atoms with Crippen molar-refractivity contribution < 1.29 is 0 Å². The van der Waals surface area contributed by atoms with Gasteiger partial charge in [-0.25, -0.2) is 0 Å². The van der Waals surface area contributed by atoms with Gasteiger partial charge in [-0.3, -0.25) is 4.99 Å². The molecule has 0 fully saturated rings. The third kappa shape index (κ3) is 5.35. The van der Waals surface area contributed by atoms with E-state index in [9.17, 15) is 0 Å². The maximum absolute atomic E-state index is 4.16. The first kappa shape index (κ1) is 9.21. The van der Waals surface area contributed by atoms with Crippen LogP contribution in [-0.2, 0) is 0 Å². The topological polar surface area (TPSA) is 15.6 Å². The standard InChI is InChI=1S/C8H16N2/c1-4-6-9-8-10(3)7-5-2/h5,7-8H,4,6H2,1-3H3/b7-5-,9-8+. The Morgan fingerprint density at radius 1 is 1.50 bits per heavy atom. The largest absolute Gasteiger partial charge is 0.343 e. The molecule has 0 spiro atoms. The summed E-state index contributed by atoms with van der Waals surface area (Å²) in [4.78, 5) is 6.10. The van der Waals surface area contributed by atoms with Crippen LogP contribution in [0.25, 0.3) is 0 Å². The van der Waals surface area contributed by atoms with Gasteiger partial charge in [0.1, 0.15) is 0 Å². The Morgan fingerprint density at radius 3 is 2.70 bits per heavy atom. The van der Waals surface area contributed by atoms with E-state index < -0.39 is 0 Å². The first-order valence-electron chi connectivity index (χ1n) is 3.66. The van der Waals surface area contributed by atoms with E-state index in [-0.39, 0.29) is 0 Å². The lowest BCUT2D eigenvalue weighted by molar-refractivity contribution is 0.701. The first-order chi connectivity index (χ1) is 4.81. The average molecular weight is 140 g/mol. The number of hydrogen-bond acceptors (Lipinski definition) is 1. The van der Waals surface area contributed by atoms with Gasteiger partial charge < -0.3 is 4.90 Å². The minimum Gasteiger partial charge on any atom is -0.343 e. The van der Waals surface area contributed by atoms with Crippen LogP contribution >= 0.6 is 0 Å². The molecule has 0 aromatic carbocycles. The van der Waals surface area contributed by atoms with Gasteiger partial charge in [-0.15, -0.1) is 0 Å². The van der Waals surface area contributed by atoms with E-state index in [0.29, 0.717) is 0 Å². The molecule has 0 bridgehead atoms. The third-order valence-corrected chi connectivity index (χ3v) is 1.00. The van der Waals surface area contributed by atoms with Gasteiger partial charge >= 0.3 is 0 Å². The zero-order valence-corrected chi connectivity index (χ0v) is 7.04. The van der Waals surface area contributed by atoms with Crippen LogP contribution in [0.5, 0.6) is 0 Å². The maximum atomic E-state index is 4.16. The van der Waals surface area contributed by atoms with Crippen LogP contribution in [0.1, 0.15) is 20.3 Å². The molecule has 0 radical (unpaired) electrons. The van der Waals surface area contributed by atoms with E-state index in [2.05, 4.69) is 11.9 Å². The normalized spacial score (nSPS) is 11.5. The zero-order valence-electron chi connectivity index (χ0n) is 7.04. The fourth-order valence-electron chi connectivity index (χ4n) is 0.589. The summed E-state index contributed by atoms with van der Waals surface area (Å²) in [6.45, 7) is 5.03. The van der Waals surface area contributed by atoms with Gasteiger partial charge in [0.25, 0.3) is 0 Å². The minimum atomic E-state index is 0.919. The fourth-order valence-corrected chi connectivity index (χ4v) is 0.589. The molecule has 10 heavy (non-hydrogen) atoms. The van der Waals surface area contributed by atoms with Crippen molar-refractivity contribution >= 4 is 6.34 Å². The number of aliphatic imine (C=N–C) groups is 1. The highest BCUT2D eigenvalue weighted by atomic mass is 15.1. The zero-order chi connectivity index (χ0) is 7.82. The molecule has 0 rings (SSSR count). The predicted octanol–water partition coefficient (Wildman–Crippen LogP) is 1.89. The predicted molar refractivity (Wildman–Crippen MR) is 46.2 cm³/mol. The summed E-state index contributed by atoms with van der Waals surface area (Å²) in [5, 5.41) is 0. The Hall–Kier alpha value is -0.790. The number of hydrogen-bond donors (Lipinski definition) is 0. The molecule has 2 heteroatoms. The molecule has 0 amide bonds. The smallest absolute Gasteiger partial charge is 0.0886 e. The molecule has 0 aliphatic rings. The van der Waals surface area contributed by atoms with E-state index in [1.54, 1.807) is 0 Å². The van der Waals surface area contributed by atoms with Crippen molar-refractivity contribution in [1.29, 1.82) is 0 Å². The second-order valence-electron chi connectivity index (χ2n) is 2.17. The highest BCUT2D eigenvalue weighted by molar-refractivity contribution is 5.55. The Balaban J connectivity index is 3.45. The van der Waals surface area contributed by atoms with Crippen molar-refractivity contribution in [1.82, 2.24) is 4.90 Å². The van der Waals surface area contributed by atoms with E-state index >= 15 is 0 Å². The number of rotatable bonds is 4. The highest BCUT2D eigenvalue weighted by Gasteiger charge is 1.78. The molecule has 0 aromatic heterocycles. The first-order valence-corrected chi connectivity index (χ1v) is 3.66. The fraction of sp³-hybridized carbons (Fsp3) is 0.625. The molecule has 0 saturated heterocycles. The average Bonchev–Trinajstić information content (AvgIpc) is 1.89. The van der Waals surface area contributed by atoms with Crippen molar-refractivity contribution in [3.63, 3.8) is 0 Å². The number of nitrogens with zero attached hydrogens (tertiary/aromatic N) is 2. The van der Waals surface area contributed by atoms with Gasteiger partial charge in [-0.1, -0.05) is 13.0 Å². The van der Waals surface area contributed by atoms with Gasteiger partial charge in [-0.2, -0.15) is 0 Å². The van der Waals surface area contributed by atoms with Crippen LogP contribution in [0.2, 0.25) is 0 Å². The monoisotopic (exact) mass is 140 g/mol. The molecule has 0 aromatic rings. The van der Waals surface area contributed by atoms with Crippen LogP contribution in [0.15, 0.2) is 17.3 Å². The maximum Gasteiger partial charge on any atom is 0.0886 e. The lowest BCUT2D eigenvalue weighted by Crippen LogP contribution is -2.06. The van der Waals surface area contributed by atoms with Crippen molar-refractivity contribution in [2.75, 3.05) is 13.6 Å². The Bertz CT molecular complexity index is 116. The van der Waals surface area contributed by atoms with E-state index in [4.69, 9.17) is 0 Å². The minimum absolute atomic E-state index is 0.919. The summed E-state index contributed by atoms with van der Waals surface area (Å²) in [6.07, 6.45) is 6.90.